The summed E-state index contributed by atoms with van der Waals surface area (Å²) < 4.78 is 0. The van der Waals surface area contributed by atoms with Crippen LogP contribution in [0.15, 0.2) is 18.2 Å². The van der Waals surface area contributed by atoms with Crippen LogP contribution in [0.5, 0.6) is 0 Å². The maximum absolute atomic E-state index is 11.3. The minimum Gasteiger partial charge on any atom is -0.380 e. The van der Waals surface area contributed by atoms with Crippen molar-refractivity contribution in [3.63, 3.8) is 0 Å². The predicted molar refractivity (Wildman–Crippen MR) is 71.3 cm³/mol. The Morgan fingerprint density at radius 1 is 1.47 bits per heavy atom. The lowest BCUT2D eigenvalue weighted by molar-refractivity contribution is 0.100. The molecule has 1 aromatic carbocycles. The third-order valence-electron chi connectivity index (χ3n) is 2.66. The van der Waals surface area contributed by atoms with Gasteiger partial charge in [0.2, 0.25) is 0 Å². The number of halogens is 1. The first-order valence-corrected chi connectivity index (χ1v) is 5.90. The van der Waals surface area contributed by atoms with Crippen LogP contribution in [0.25, 0.3) is 0 Å². The first kappa shape index (κ1) is 13.8. The fraction of sp³-hybridized carbons (Fsp3) is 0.417. The van der Waals surface area contributed by atoms with Crippen LogP contribution < -0.4 is 16.8 Å². The molecule has 0 radical (unpaired) electrons. The topological polar surface area (TPSA) is 81.1 Å². The third kappa shape index (κ3) is 3.35. The van der Waals surface area contributed by atoms with Gasteiger partial charge in [0.05, 0.1) is 10.6 Å². The van der Waals surface area contributed by atoms with E-state index in [9.17, 15) is 4.79 Å². The summed E-state index contributed by atoms with van der Waals surface area (Å²) >= 11 is 5.96. The number of primary amides is 1. The SMILES string of the molecule is CC(C)C(CN)Nc1cccc(Cl)c1C(N)=O. The van der Waals surface area contributed by atoms with E-state index in [4.69, 9.17) is 23.1 Å². The second-order valence-electron chi connectivity index (χ2n) is 4.26. The molecule has 1 rings (SSSR count). The van der Waals surface area contributed by atoms with Crippen LogP contribution in [0.1, 0.15) is 24.2 Å². The van der Waals surface area contributed by atoms with Crippen LogP contribution in [0, 0.1) is 5.92 Å². The molecular weight excluding hydrogens is 238 g/mol. The number of nitrogens with one attached hydrogen (secondary N) is 1. The zero-order valence-corrected chi connectivity index (χ0v) is 10.8. The number of hydrogen-bond acceptors (Lipinski definition) is 3. The van der Waals surface area contributed by atoms with Crippen molar-refractivity contribution in [2.45, 2.75) is 19.9 Å². The van der Waals surface area contributed by atoms with E-state index in [-0.39, 0.29) is 6.04 Å². The van der Waals surface area contributed by atoms with Gasteiger partial charge in [-0.3, -0.25) is 4.79 Å². The van der Waals surface area contributed by atoms with Crippen LogP contribution >= 0.6 is 11.6 Å². The Bertz CT molecular complexity index is 407. The Kier molecular flexibility index (Phi) is 4.78. The minimum atomic E-state index is -0.544. The molecule has 0 aromatic heterocycles. The molecule has 0 aliphatic carbocycles. The normalized spacial score (nSPS) is 12.5. The van der Waals surface area contributed by atoms with Crippen LogP contribution in [0.2, 0.25) is 5.02 Å². The van der Waals surface area contributed by atoms with E-state index < -0.39 is 5.91 Å². The van der Waals surface area contributed by atoms with Gasteiger partial charge in [0.15, 0.2) is 0 Å². The molecule has 94 valence electrons. The molecule has 0 saturated heterocycles. The molecule has 17 heavy (non-hydrogen) atoms. The van der Waals surface area contributed by atoms with Crippen molar-refractivity contribution < 1.29 is 4.79 Å². The second kappa shape index (κ2) is 5.89. The Balaban J connectivity index is 3.05. The Labute approximate surface area is 106 Å². The van der Waals surface area contributed by atoms with Gasteiger partial charge in [-0.05, 0) is 18.1 Å². The van der Waals surface area contributed by atoms with Crippen molar-refractivity contribution in [3.8, 4) is 0 Å². The minimum absolute atomic E-state index is 0.0755. The van der Waals surface area contributed by atoms with E-state index in [1.54, 1.807) is 18.2 Å². The smallest absolute Gasteiger partial charge is 0.252 e. The molecular formula is C12H18ClN3O. The zero-order valence-electron chi connectivity index (χ0n) is 10.0. The maximum Gasteiger partial charge on any atom is 0.252 e. The molecule has 5 heteroatoms. The molecule has 0 aliphatic heterocycles. The lowest BCUT2D eigenvalue weighted by atomic mass is 10.0. The predicted octanol–water partition coefficient (Wildman–Crippen LogP) is 1.83. The quantitative estimate of drug-likeness (QED) is 0.751. The number of rotatable bonds is 5. The van der Waals surface area contributed by atoms with Crippen molar-refractivity contribution in [2.24, 2.45) is 17.4 Å². The van der Waals surface area contributed by atoms with Crippen molar-refractivity contribution in [1.29, 1.82) is 0 Å². The van der Waals surface area contributed by atoms with Crippen molar-refractivity contribution in [1.82, 2.24) is 0 Å². The van der Waals surface area contributed by atoms with Crippen LogP contribution in [0.4, 0.5) is 5.69 Å². The van der Waals surface area contributed by atoms with E-state index in [0.717, 1.165) is 0 Å². The molecule has 0 heterocycles. The van der Waals surface area contributed by atoms with Gasteiger partial charge < -0.3 is 16.8 Å². The molecule has 0 aliphatic rings. The molecule has 1 atom stereocenters. The third-order valence-corrected chi connectivity index (χ3v) is 2.97. The van der Waals surface area contributed by atoms with Gasteiger partial charge >= 0.3 is 0 Å². The average Bonchev–Trinajstić information content (AvgIpc) is 2.24. The molecule has 1 amide bonds. The lowest BCUT2D eigenvalue weighted by Gasteiger charge is -2.23. The number of hydrogen-bond donors (Lipinski definition) is 3. The fourth-order valence-corrected chi connectivity index (χ4v) is 1.86. The standard InChI is InChI=1S/C12H18ClN3O/c1-7(2)10(6-14)16-9-5-3-4-8(13)11(9)12(15)17/h3-5,7,10,16H,6,14H2,1-2H3,(H2,15,17). The number of carbonyl (C=O) groups excluding carboxylic acids is 1. The van der Waals surface area contributed by atoms with Crippen LogP contribution in [0.3, 0.4) is 0 Å². The number of nitrogens with two attached hydrogens (primary N) is 2. The van der Waals surface area contributed by atoms with E-state index in [0.29, 0.717) is 28.7 Å². The summed E-state index contributed by atoms with van der Waals surface area (Å²) in [5.74, 6) is -0.197. The van der Waals surface area contributed by atoms with Gasteiger partial charge in [-0.1, -0.05) is 31.5 Å². The van der Waals surface area contributed by atoms with E-state index in [2.05, 4.69) is 19.2 Å². The van der Waals surface area contributed by atoms with Gasteiger partial charge in [-0.25, -0.2) is 0 Å². The number of amides is 1. The van der Waals surface area contributed by atoms with E-state index in [1.807, 2.05) is 0 Å². The summed E-state index contributed by atoms with van der Waals surface area (Å²) in [6, 6.07) is 5.26. The van der Waals surface area contributed by atoms with Gasteiger partial charge in [0, 0.05) is 18.3 Å². The molecule has 1 aromatic rings. The molecule has 5 N–H and O–H groups in total. The van der Waals surface area contributed by atoms with Crippen molar-refractivity contribution in [3.05, 3.63) is 28.8 Å². The summed E-state index contributed by atoms with van der Waals surface area (Å²) in [5, 5.41) is 3.56. The number of anilines is 1. The summed E-state index contributed by atoms with van der Waals surface area (Å²) in [6.07, 6.45) is 0. The van der Waals surface area contributed by atoms with Gasteiger partial charge in [0.1, 0.15) is 0 Å². The monoisotopic (exact) mass is 255 g/mol. The zero-order chi connectivity index (χ0) is 13.0. The molecule has 4 nitrogen and oxygen atoms in total. The molecule has 0 spiro atoms. The fourth-order valence-electron chi connectivity index (χ4n) is 1.59. The van der Waals surface area contributed by atoms with Crippen LogP contribution in [-0.4, -0.2) is 18.5 Å². The Hall–Kier alpha value is -1.26. The van der Waals surface area contributed by atoms with Gasteiger partial charge in [-0.2, -0.15) is 0 Å². The highest BCUT2D eigenvalue weighted by Crippen LogP contribution is 2.25. The van der Waals surface area contributed by atoms with Crippen molar-refractivity contribution in [2.75, 3.05) is 11.9 Å². The van der Waals surface area contributed by atoms with E-state index in [1.165, 1.54) is 0 Å². The first-order valence-electron chi connectivity index (χ1n) is 5.52. The molecule has 0 saturated carbocycles. The largest absolute Gasteiger partial charge is 0.380 e. The van der Waals surface area contributed by atoms with Crippen LogP contribution in [-0.2, 0) is 0 Å². The Morgan fingerprint density at radius 3 is 2.59 bits per heavy atom. The first-order chi connectivity index (χ1) is 7.97. The molecule has 0 fully saturated rings. The highest BCUT2D eigenvalue weighted by molar-refractivity contribution is 6.34. The maximum atomic E-state index is 11.3. The lowest BCUT2D eigenvalue weighted by Crippen LogP contribution is -2.34. The number of carbonyl (C=O) groups is 1. The van der Waals surface area contributed by atoms with Crippen molar-refractivity contribution >= 4 is 23.2 Å². The Morgan fingerprint density at radius 2 is 2.12 bits per heavy atom. The van der Waals surface area contributed by atoms with Gasteiger partial charge in [-0.15, -0.1) is 0 Å². The summed E-state index contributed by atoms with van der Waals surface area (Å²) in [7, 11) is 0. The van der Waals surface area contributed by atoms with Gasteiger partial charge in [0.25, 0.3) is 5.91 Å². The summed E-state index contributed by atoms with van der Waals surface area (Å²) in [5.41, 5.74) is 11.9. The van der Waals surface area contributed by atoms with E-state index >= 15 is 0 Å². The average molecular weight is 256 g/mol. The number of benzene rings is 1. The molecule has 1 unspecified atom stereocenters. The molecule has 0 bridgehead atoms. The highest BCUT2D eigenvalue weighted by Gasteiger charge is 2.17. The summed E-state index contributed by atoms with van der Waals surface area (Å²) in [6.45, 7) is 4.58. The summed E-state index contributed by atoms with van der Waals surface area (Å²) in [4.78, 5) is 11.3. The highest BCUT2D eigenvalue weighted by atomic mass is 35.5. The second-order valence-corrected chi connectivity index (χ2v) is 4.66.